The number of para-hydroxylation sites is 2. The van der Waals surface area contributed by atoms with Gasteiger partial charge in [-0.05, 0) is 12.1 Å². The van der Waals surface area contributed by atoms with Crippen LogP contribution in [0.1, 0.15) is 0 Å². The van der Waals surface area contributed by atoms with Crippen LogP contribution in [0, 0.1) is 0 Å². The number of nitrogens with two attached hydrogens (primary N) is 1. The number of aryl methyl sites for hydroxylation is 1. The molecular formula is C12H17N5O2S. The molecule has 0 fully saturated rings. The highest BCUT2D eigenvalue weighted by Gasteiger charge is 2.23. The summed E-state index contributed by atoms with van der Waals surface area (Å²) in [6, 6.07) is 7.12. The van der Waals surface area contributed by atoms with Gasteiger partial charge in [0, 0.05) is 21.1 Å². The minimum Gasteiger partial charge on any atom is -0.381 e. The van der Waals surface area contributed by atoms with Gasteiger partial charge in [0.2, 0.25) is 0 Å². The van der Waals surface area contributed by atoms with E-state index in [9.17, 15) is 8.42 Å². The van der Waals surface area contributed by atoms with Gasteiger partial charge in [-0.3, -0.25) is 4.72 Å². The van der Waals surface area contributed by atoms with Crippen LogP contribution in [0.4, 0.5) is 17.2 Å². The molecule has 108 valence electrons. The predicted octanol–water partition coefficient (Wildman–Crippen LogP) is 0.869. The Morgan fingerprint density at radius 1 is 1.30 bits per heavy atom. The summed E-state index contributed by atoms with van der Waals surface area (Å²) in [6.07, 6.45) is 1.36. The van der Waals surface area contributed by atoms with E-state index in [1.54, 1.807) is 19.2 Å². The fraction of sp³-hybridized carbons (Fsp3) is 0.250. The van der Waals surface area contributed by atoms with Gasteiger partial charge >= 0.3 is 0 Å². The molecule has 0 unspecified atom stereocenters. The third-order valence-electron chi connectivity index (χ3n) is 2.79. The van der Waals surface area contributed by atoms with Crippen molar-refractivity contribution in [2.75, 3.05) is 29.5 Å². The Morgan fingerprint density at radius 3 is 2.50 bits per heavy atom. The van der Waals surface area contributed by atoms with Crippen molar-refractivity contribution in [2.45, 2.75) is 5.03 Å². The maximum Gasteiger partial charge on any atom is 0.281 e. The second kappa shape index (κ2) is 5.04. The molecule has 0 saturated heterocycles. The number of benzene rings is 1. The second-order valence-electron chi connectivity index (χ2n) is 4.56. The van der Waals surface area contributed by atoms with Crippen molar-refractivity contribution in [2.24, 2.45) is 7.05 Å². The van der Waals surface area contributed by atoms with E-state index in [0.717, 1.165) is 5.69 Å². The molecule has 2 aromatic rings. The Kier molecular flexibility index (Phi) is 3.58. The summed E-state index contributed by atoms with van der Waals surface area (Å²) in [5.41, 5.74) is 6.86. The molecule has 0 spiro atoms. The standard InChI is InChI=1S/C12H17N5O2S/c1-16(2)10-7-5-4-6-9(10)15-20(18,19)12-11(13)14-8-17(12)3/h4-8,15H,13H2,1-3H3. The van der Waals surface area contributed by atoms with Crippen LogP contribution in [0.3, 0.4) is 0 Å². The summed E-state index contributed by atoms with van der Waals surface area (Å²) in [4.78, 5) is 5.62. The quantitative estimate of drug-likeness (QED) is 0.873. The Morgan fingerprint density at radius 2 is 1.95 bits per heavy atom. The lowest BCUT2D eigenvalue weighted by Gasteiger charge is -2.18. The molecule has 1 aromatic carbocycles. The first-order valence-electron chi connectivity index (χ1n) is 5.89. The highest BCUT2D eigenvalue weighted by Crippen LogP contribution is 2.27. The van der Waals surface area contributed by atoms with Gasteiger partial charge in [0.05, 0.1) is 17.7 Å². The largest absolute Gasteiger partial charge is 0.381 e. The smallest absolute Gasteiger partial charge is 0.281 e. The monoisotopic (exact) mass is 295 g/mol. The summed E-state index contributed by atoms with van der Waals surface area (Å²) >= 11 is 0. The van der Waals surface area contributed by atoms with Gasteiger partial charge in [-0.15, -0.1) is 0 Å². The SMILES string of the molecule is CN(C)c1ccccc1NS(=O)(=O)c1c(N)ncn1C. The van der Waals surface area contributed by atoms with E-state index in [1.165, 1.54) is 10.9 Å². The average Bonchev–Trinajstić information content (AvgIpc) is 2.69. The van der Waals surface area contributed by atoms with Crippen LogP contribution in [0.2, 0.25) is 0 Å². The van der Waals surface area contributed by atoms with Crippen LogP contribution < -0.4 is 15.4 Å². The molecule has 0 amide bonds. The summed E-state index contributed by atoms with van der Waals surface area (Å²) in [5, 5.41) is -0.0499. The molecule has 8 heteroatoms. The van der Waals surface area contributed by atoms with Gasteiger partial charge in [-0.2, -0.15) is 8.42 Å². The molecular weight excluding hydrogens is 278 g/mol. The summed E-state index contributed by atoms with van der Waals surface area (Å²) in [6.45, 7) is 0. The van der Waals surface area contributed by atoms with Crippen LogP contribution >= 0.6 is 0 Å². The van der Waals surface area contributed by atoms with E-state index >= 15 is 0 Å². The first-order valence-corrected chi connectivity index (χ1v) is 7.37. The van der Waals surface area contributed by atoms with Crippen molar-refractivity contribution in [3.05, 3.63) is 30.6 Å². The zero-order valence-corrected chi connectivity index (χ0v) is 12.3. The van der Waals surface area contributed by atoms with E-state index in [-0.39, 0.29) is 10.8 Å². The molecule has 3 N–H and O–H groups in total. The van der Waals surface area contributed by atoms with Crippen LogP contribution in [0.5, 0.6) is 0 Å². The Balaban J connectivity index is 2.45. The van der Waals surface area contributed by atoms with Gasteiger partial charge in [0.15, 0.2) is 10.8 Å². The number of nitrogens with zero attached hydrogens (tertiary/aromatic N) is 3. The fourth-order valence-electron chi connectivity index (χ4n) is 1.91. The number of sulfonamides is 1. The van der Waals surface area contributed by atoms with Gasteiger partial charge in [0.1, 0.15) is 0 Å². The maximum absolute atomic E-state index is 12.4. The van der Waals surface area contributed by atoms with Crippen LogP contribution in [-0.2, 0) is 17.1 Å². The molecule has 20 heavy (non-hydrogen) atoms. The molecule has 0 aliphatic carbocycles. The Labute approximate surface area is 118 Å². The third-order valence-corrected chi connectivity index (χ3v) is 4.29. The summed E-state index contributed by atoms with van der Waals surface area (Å²) in [5.74, 6) is -0.0256. The van der Waals surface area contributed by atoms with Gasteiger partial charge in [-0.1, -0.05) is 12.1 Å². The van der Waals surface area contributed by atoms with E-state index in [4.69, 9.17) is 5.73 Å². The lowest BCUT2D eigenvalue weighted by molar-refractivity contribution is 0.592. The van der Waals surface area contributed by atoms with E-state index in [0.29, 0.717) is 5.69 Å². The van der Waals surface area contributed by atoms with Crippen molar-refractivity contribution in [1.82, 2.24) is 9.55 Å². The molecule has 0 radical (unpaired) electrons. The molecule has 7 nitrogen and oxygen atoms in total. The Bertz CT molecular complexity index is 702. The lowest BCUT2D eigenvalue weighted by atomic mass is 10.2. The summed E-state index contributed by atoms with van der Waals surface area (Å²) in [7, 11) is 1.47. The topological polar surface area (TPSA) is 93.2 Å². The number of imidazole rings is 1. The van der Waals surface area contributed by atoms with Gasteiger partial charge < -0.3 is 15.2 Å². The fourth-order valence-corrected chi connectivity index (χ4v) is 3.22. The van der Waals surface area contributed by atoms with Crippen molar-refractivity contribution < 1.29 is 8.42 Å². The normalized spacial score (nSPS) is 11.3. The highest BCUT2D eigenvalue weighted by molar-refractivity contribution is 7.92. The number of rotatable bonds is 4. The van der Waals surface area contributed by atoms with E-state index in [1.807, 2.05) is 31.1 Å². The van der Waals surface area contributed by atoms with E-state index in [2.05, 4.69) is 9.71 Å². The first kappa shape index (κ1) is 14.2. The lowest BCUT2D eigenvalue weighted by Crippen LogP contribution is -2.20. The molecule has 0 aliphatic rings. The number of anilines is 3. The van der Waals surface area contributed by atoms with E-state index < -0.39 is 10.0 Å². The van der Waals surface area contributed by atoms with Gasteiger partial charge in [-0.25, -0.2) is 4.98 Å². The van der Waals surface area contributed by atoms with Crippen LogP contribution in [-0.4, -0.2) is 32.1 Å². The van der Waals surface area contributed by atoms with Gasteiger partial charge in [0.25, 0.3) is 10.0 Å². The number of nitrogens with one attached hydrogen (secondary N) is 1. The van der Waals surface area contributed by atoms with Crippen molar-refractivity contribution in [3.63, 3.8) is 0 Å². The molecule has 1 aromatic heterocycles. The minimum atomic E-state index is -3.79. The Hall–Kier alpha value is -2.22. The molecule has 1 heterocycles. The van der Waals surface area contributed by atoms with Crippen LogP contribution in [0.25, 0.3) is 0 Å². The minimum absolute atomic E-state index is 0.0256. The van der Waals surface area contributed by atoms with Crippen LogP contribution in [0.15, 0.2) is 35.6 Å². The van der Waals surface area contributed by atoms with Crippen molar-refractivity contribution in [3.8, 4) is 0 Å². The molecule has 0 aliphatic heterocycles. The predicted molar refractivity (Wildman–Crippen MR) is 79.2 cm³/mol. The molecule has 2 rings (SSSR count). The highest BCUT2D eigenvalue weighted by atomic mass is 32.2. The number of hydrogen-bond acceptors (Lipinski definition) is 5. The zero-order valence-electron chi connectivity index (χ0n) is 11.5. The first-order chi connectivity index (χ1) is 9.33. The maximum atomic E-state index is 12.4. The molecule has 0 atom stereocenters. The second-order valence-corrected chi connectivity index (χ2v) is 6.16. The average molecular weight is 295 g/mol. The molecule has 0 saturated carbocycles. The number of hydrogen-bond donors (Lipinski definition) is 2. The van der Waals surface area contributed by atoms with Crippen molar-refractivity contribution in [1.29, 1.82) is 0 Å². The van der Waals surface area contributed by atoms with Crippen molar-refractivity contribution >= 4 is 27.2 Å². The molecule has 0 bridgehead atoms. The zero-order chi connectivity index (χ0) is 14.9. The third kappa shape index (κ3) is 2.55. The number of aromatic nitrogens is 2. The summed E-state index contributed by atoms with van der Waals surface area (Å²) < 4.78 is 28.7. The number of nitrogen functional groups attached to an aromatic ring is 1.